The number of rotatable bonds is 7. The SMILES string of the molecule is COc1cccc(NC(C)(CCCC(F)(F)F)C(N)=O)c1. The molecule has 0 bridgehead atoms. The highest BCUT2D eigenvalue weighted by Gasteiger charge is 2.33. The van der Waals surface area contributed by atoms with E-state index in [9.17, 15) is 18.0 Å². The molecular weight excluding hydrogens is 285 g/mol. The number of ether oxygens (including phenoxy) is 1. The minimum atomic E-state index is -4.24. The molecule has 3 N–H and O–H groups in total. The van der Waals surface area contributed by atoms with Gasteiger partial charge < -0.3 is 15.8 Å². The number of methoxy groups -OCH3 is 1. The zero-order valence-electron chi connectivity index (χ0n) is 12.0. The Bertz CT molecular complexity index is 491. The summed E-state index contributed by atoms with van der Waals surface area (Å²) in [5, 5.41) is 2.89. The zero-order chi connectivity index (χ0) is 16.1. The summed E-state index contributed by atoms with van der Waals surface area (Å²) in [5.41, 5.74) is 4.63. The fourth-order valence-electron chi connectivity index (χ4n) is 1.91. The van der Waals surface area contributed by atoms with Gasteiger partial charge in [-0.2, -0.15) is 13.2 Å². The van der Waals surface area contributed by atoms with Gasteiger partial charge in [-0.15, -0.1) is 0 Å². The van der Waals surface area contributed by atoms with E-state index < -0.39 is 24.0 Å². The Balaban J connectivity index is 2.77. The molecule has 0 saturated carbocycles. The van der Waals surface area contributed by atoms with Crippen molar-refractivity contribution in [2.45, 2.75) is 37.9 Å². The summed E-state index contributed by atoms with van der Waals surface area (Å²) >= 11 is 0. The van der Waals surface area contributed by atoms with Gasteiger partial charge in [-0.1, -0.05) is 6.07 Å². The molecule has 0 heterocycles. The number of hydrogen-bond donors (Lipinski definition) is 2. The van der Waals surface area contributed by atoms with Crippen LogP contribution in [0.1, 0.15) is 26.2 Å². The summed E-state index contributed by atoms with van der Waals surface area (Å²) < 4.78 is 41.7. The van der Waals surface area contributed by atoms with E-state index in [0.29, 0.717) is 11.4 Å². The van der Waals surface area contributed by atoms with Crippen molar-refractivity contribution in [3.63, 3.8) is 0 Å². The van der Waals surface area contributed by atoms with E-state index in [4.69, 9.17) is 10.5 Å². The molecule has 0 aromatic heterocycles. The molecule has 1 amide bonds. The molecule has 0 saturated heterocycles. The van der Waals surface area contributed by atoms with Crippen molar-refractivity contribution in [3.05, 3.63) is 24.3 Å². The van der Waals surface area contributed by atoms with E-state index in [-0.39, 0.29) is 12.8 Å². The Hall–Kier alpha value is -1.92. The van der Waals surface area contributed by atoms with Crippen molar-refractivity contribution < 1.29 is 22.7 Å². The summed E-state index contributed by atoms with van der Waals surface area (Å²) in [7, 11) is 1.50. The maximum Gasteiger partial charge on any atom is 0.389 e. The third-order valence-electron chi connectivity index (χ3n) is 3.17. The smallest absolute Gasteiger partial charge is 0.389 e. The van der Waals surface area contributed by atoms with Crippen molar-refractivity contribution in [3.8, 4) is 5.75 Å². The van der Waals surface area contributed by atoms with E-state index >= 15 is 0 Å². The van der Waals surface area contributed by atoms with Crippen LogP contribution in [0.3, 0.4) is 0 Å². The van der Waals surface area contributed by atoms with Gasteiger partial charge in [-0.3, -0.25) is 4.79 Å². The van der Waals surface area contributed by atoms with Gasteiger partial charge in [0.1, 0.15) is 11.3 Å². The third kappa shape index (κ3) is 5.53. The standard InChI is InChI=1S/C14H19F3N2O2/c1-13(12(18)20,7-4-8-14(15,16)17)19-10-5-3-6-11(9-10)21-2/h3,5-6,9,19H,4,7-8H2,1-2H3,(H2,18,20). The van der Waals surface area contributed by atoms with E-state index in [2.05, 4.69) is 5.32 Å². The van der Waals surface area contributed by atoms with Gasteiger partial charge in [-0.25, -0.2) is 0 Å². The first-order valence-corrected chi connectivity index (χ1v) is 6.45. The molecule has 7 heteroatoms. The number of primary amides is 1. The van der Waals surface area contributed by atoms with Gasteiger partial charge in [-0.05, 0) is 31.9 Å². The molecule has 1 atom stereocenters. The van der Waals surface area contributed by atoms with Crippen LogP contribution in [0.4, 0.5) is 18.9 Å². The third-order valence-corrected chi connectivity index (χ3v) is 3.17. The van der Waals surface area contributed by atoms with Crippen molar-refractivity contribution in [1.82, 2.24) is 0 Å². The Labute approximate surface area is 121 Å². The highest BCUT2D eigenvalue weighted by molar-refractivity contribution is 5.87. The number of carbonyl (C=O) groups excluding carboxylic acids is 1. The largest absolute Gasteiger partial charge is 0.497 e. The van der Waals surface area contributed by atoms with Crippen LogP contribution in [0.25, 0.3) is 0 Å². The van der Waals surface area contributed by atoms with Crippen LogP contribution in [0.15, 0.2) is 24.3 Å². The zero-order valence-corrected chi connectivity index (χ0v) is 12.0. The van der Waals surface area contributed by atoms with Gasteiger partial charge in [0, 0.05) is 18.2 Å². The maximum absolute atomic E-state index is 12.2. The molecule has 0 radical (unpaired) electrons. The van der Waals surface area contributed by atoms with Crippen LogP contribution in [0.2, 0.25) is 0 Å². The summed E-state index contributed by atoms with van der Waals surface area (Å²) in [6.45, 7) is 1.49. The van der Waals surface area contributed by atoms with Gasteiger partial charge in [0.2, 0.25) is 5.91 Å². The normalized spacial score (nSPS) is 14.3. The van der Waals surface area contributed by atoms with E-state index in [0.717, 1.165) is 0 Å². The number of nitrogens with one attached hydrogen (secondary N) is 1. The quantitative estimate of drug-likeness (QED) is 0.813. The number of benzene rings is 1. The molecule has 1 rings (SSSR count). The Morgan fingerprint density at radius 1 is 1.33 bits per heavy atom. The summed E-state index contributed by atoms with van der Waals surface area (Å²) in [6, 6.07) is 6.76. The molecular formula is C14H19F3N2O2. The average molecular weight is 304 g/mol. The highest BCUT2D eigenvalue weighted by atomic mass is 19.4. The molecule has 4 nitrogen and oxygen atoms in total. The predicted molar refractivity (Wildman–Crippen MR) is 74.1 cm³/mol. The molecule has 1 aromatic rings. The van der Waals surface area contributed by atoms with Gasteiger partial charge in [0.15, 0.2) is 0 Å². The van der Waals surface area contributed by atoms with Crippen LogP contribution >= 0.6 is 0 Å². The van der Waals surface area contributed by atoms with E-state index in [1.165, 1.54) is 14.0 Å². The molecule has 118 valence electrons. The van der Waals surface area contributed by atoms with Crippen LogP contribution in [-0.2, 0) is 4.79 Å². The van der Waals surface area contributed by atoms with Gasteiger partial charge >= 0.3 is 6.18 Å². The summed E-state index contributed by atoms with van der Waals surface area (Å²) in [5.74, 6) is -0.130. The number of amides is 1. The monoisotopic (exact) mass is 304 g/mol. The minimum Gasteiger partial charge on any atom is -0.497 e. The van der Waals surface area contributed by atoms with Crippen molar-refractivity contribution in [2.24, 2.45) is 5.73 Å². The summed E-state index contributed by atoms with van der Waals surface area (Å²) in [4.78, 5) is 11.6. The molecule has 0 spiro atoms. The molecule has 1 aromatic carbocycles. The predicted octanol–water partition coefficient (Wildman–Crippen LogP) is 3.08. The number of nitrogens with two attached hydrogens (primary N) is 1. The minimum absolute atomic E-state index is 0.0148. The maximum atomic E-state index is 12.2. The van der Waals surface area contributed by atoms with Crippen LogP contribution < -0.4 is 15.8 Å². The molecule has 0 fully saturated rings. The second-order valence-corrected chi connectivity index (χ2v) is 5.02. The topological polar surface area (TPSA) is 64.3 Å². The van der Waals surface area contributed by atoms with Crippen LogP contribution in [-0.4, -0.2) is 24.7 Å². The first-order valence-electron chi connectivity index (χ1n) is 6.45. The molecule has 0 aliphatic heterocycles. The Morgan fingerprint density at radius 2 is 2.00 bits per heavy atom. The lowest BCUT2D eigenvalue weighted by Crippen LogP contribution is -2.48. The number of carbonyl (C=O) groups is 1. The fraction of sp³-hybridized carbons (Fsp3) is 0.500. The second-order valence-electron chi connectivity index (χ2n) is 5.02. The van der Waals surface area contributed by atoms with Crippen molar-refractivity contribution in [1.29, 1.82) is 0 Å². The van der Waals surface area contributed by atoms with E-state index in [1.807, 2.05) is 0 Å². The van der Waals surface area contributed by atoms with Gasteiger partial charge in [0.25, 0.3) is 0 Å². The lowest BCUT2D eigenvalue weighted by Gasteiger charge is -2.29. The average Bonchev–Trinajstić information content (AvgIpc) is 2.37. The Morgan fingerprint density at radius 3 is 2.52 bits per heavy atom. The van der Waals surface area contributed by atoms with Crippen molar-refractivity contribution >= 4 is 11.6 Å². The van der Waals surface area contributed by atoms with E-state index in [1.54, 1.807) is 24.3 Å². The fourth-order valence-corrected chi connectivity index (χ4v) is 1.91. The molecule has 1 unspecified atom stereocenters. The molecule has 0 aliphatic rings. The van der Waals surface area contributed by atoms with Crippen LogP contribution in [0, 0.1) is 0 Å². The van der Waals surface area contributed by atoms with Crippen molar-refractivity contribution in [2.75, 3.05) is 12.4 Å². The molecule has 21 heavy (non-hydrogen) atoms. The number of anilines is 1. The number of hydrogen-bond acceptors (Lipinski definition) is 3. The molecule has 0 aliphatic carbocycles. The lowest BCUT2D eigenvalue weighted by atomic mass is 9.93. The Kier molecular flexibility index (Phi) is 5.46. The summed E-state index contributed by atoms with van der Waals surface area (Å²) in [6.07, 6.45) is -5.39. The van der Waals surface area contributed by atoms with Gasteiger partial charge in [0.05, 0.1) is 7.11 Å². The first kappa shape index (κ1) is 17.1. The number of halogens is 3. The first-order chi connectivity index (χ1) is 9.66. The lowest BCUT2D eigenvalue weighted by molar-refractivity contribution is -0.137. The number of alkyl halides is 3. The van der Waals surface area contributed by atoms with Crippen LogP contribution in [0.5, 0.6) is 5.75 Å². The highest BCUT2D eigenvalue weighted by Crippen LogP contribution is 2.27. The second kappa shape index (κ2) is 6.69.